The number of carbonyl (C=O) groups excluding carboxylic acids is 1. The normalized spacial score (nSPS) is 11.5. The van der Waals surface area contributed by atoms with E-state index in [1.807, 2.05) is 95.3 Å². The van der Waals surface area contributed by atoms with Crippen molar-refractivity contribution in [2.45, 2.75) is 66.0 Å². The summed E-state index contributed by atoms with van der Waals surface area (Å²) in [6.45, 7) is 12.5. The Bertz CT molecular complexity index is 1690. The maximum atomic E-state index is 14.1. The van der Waals surface area contributed by atoms with Crippen LogP contribution in [0.1, 0.15) is 50.1 Å². The van der Waals surface area contributed by atoms with Gasteiger partial charge in [-0.15, -0.1) is 0 Å². The van der Waals surface area contributed by atoms with Crippen molar-refractivity contribution in [3.05, 3.63) is 129 Å². The molecule has 1 amide bonds. The van der Waals surface area contributed by atoms with Crippen LogP contribution in [0.3, 0.4) is 0 Å². The molecule has 0 aromatic heterocycles. The molecule has 0 bridgehead atoms. The molecule has 0 aliphatic heterocycles. The van der Waals surface area contributed by atoms with Crippen LogP contribution in [-0.2, 0) is 34.4 Å². The third kappa shape index (κ3) is 8.16. The molecule has 0 heterocycles. The van der Waals surface area contributed by atoms with Gasteiger partial charge in [-0.25, -0.2) is 8.42 Å². The molecule has 232 valence electrons. The number of likely N-dealkylation sites (N-methyl/N-ethyl adjacent to an activating group) is 1. The number of hydrogen-bond donors (Lipinski definition) is 0. The van der Waals surface area contributed by atoms with E-state index in [0.717, 1.165) is 39.1 Å². The average Bonchev–Trinajstić information content (AvgIpc) is 2.94. The fourth-order valence-corrected chi connectivity index (χ4v) is 7.64. The number of sulfonamides is 1. The molecule has 44 heavy (non-hydrogen) atoms. The Morgan fingerprint density at radius 1 is 0.705 bits per heavy atom. The lowest BCUT2D eigenvalue weighted by atomic mass is 10.0. The monoisotopic (exact) mass is 612 g/mol. The molecule has 0 radical (unpaired) electrons. The van der Waals surface area contributed by atoms with Gasteiger partial charge in [0.1, 0.15) is 12.4 Å². The molecule has 0 N–H and O–H groups in total. The van der Waals surface area contributed by atoms with E-state index in [4.69, 9.17) is 4.74 Å². The van der Waals surface area contributed by atoms with Crippen LogP contribution in [0.2, 0.25) is 0 Å². The maximum Gasteiger partial charge on any atom is 0.244 e. The molecule has 0 aliphatic rings. The number of nitrogens with zero attached hydrogens (tertiary/aromatic N) is 2. The van der Waals surface area contributed by atoms with Gasteiger partial charge in [0.25, 0.3) is 0 Å². The van der Waals surface area contributed by atoms with Gasteiger partial charge in [0.15, 0.2) is 0 Å². The number of carbonyl (C=O) groups is 1. The predicted octanol–water partition coefficient (Wildman–Crippen LogP) is 7.01. The maximum absolute atomic E-state index is 14.1. The van der Waals surface area contributed by atoms with Crippen molar-refractivity contribution in [1.29, 1.82) is 0 Å². The molecule has 0 fully saturated rings. The average molecular weight is 613 g/mol. The topological polar surface area (TPSA) is 66.9 Å². The number of aryl methyl sites for hydroxylation is 6. The fraction of sp³-hybridized carbons (Fsp3) is 0.324. The zero-order valence-electron chi connectivity index (χ0n) is 27.0. The van der Waals surface area contributed by atoms with Crippen molar-refractivity contribution in [1.82, 2.24) is 9.21 Å². The molecular formula is C37H44N2O4S. The summed E-state index contributed by atoms with van der Waals surface area (Å²) in [5, 5.41) is 0. The third-order valence-electron chi connectivity index (χ3n) is 7.84. The zero-order valence-corrected chi connectivity index (χ0v) is 27.8. The Hall–Kier alpha value is -3.94. The van der Waals surface area contributed by atoms with Crippen molar-refractivity contribution in [3.8, 4) is 5.75 Å². The van der Waals surface area contributed by atoms with Gasteiger partial charge in [-0.2, -0.15) is 4.31 Å². The molecule has 7 heteroatoms. The minimum absolute atomic E-state index is 0.198. The standard InChI is InChI=1S/C37H44N2O4S/c1-26-12-11-15-33(20-26)25-43-36-28(3)21-34(22-29(36)4)23-38(7)35(40)24-39(17-16-32-13-9-8-10-14-32)44(41,42)37-30(5)18-27(2)19-31(37)6/h8-15,18-22H,16-17,23-25H2,1-7H3. The van der Waals surface area contributed by atoms with Crippen LogP contribution >= 0.6 is 0 Å². The molecule has 4 rings (SSSR count). The Balaban J connectivity index is 1.51. The summed E-state index contributed by atoms with van der Waals surface area (Å²) in [7, 11) is -2.21. The van der Waals surface area contributed by atoms with E-state index in [9.17, 15) is 13.2 Å². The van der Waals surface area contributed by atoms with Gasteiger partial charge in [-0.3, -0.25) is 4.79 Å². The quantitative estimate of drug-likeness (QED) is 0.173. The second-order valence-electron chi connectivity index (χ2n) is 11.9. The lowest BCUT2D eigenvalue weighted by Crippen LogP contribution is -2.42. The van der Waals surface area contributed by atoms with Gasteiger partial charge in [0.2, 0.25) is 15.9 Å². The summed E-state index contributed by atoms with van der Waals surface area (Å²) in [6, 6.07) is 25.8. The predicted molar refractivity (Wildman–Crippen MR) is 177 cm³/mol. The second-order valence-corrected chi connectivity index (χ2v) is 13.8. The Morgan fingerprint density at radius 3 is 1.93 bits per heavy atom. The van der Waals surface area contributed by atoms with E-state index < -0.39 is 10.0 Å². The largest absolute Gasteiger partial charge is 0.488 e. The van der Waals surface area contributed by atoms with E-state index in [-0.39, 0.29) is 23.9 Å². The first-order chi connectivity index (χ1) is 20.8. The van der Waals surface area contributed by atoms with Gasteiger partial charge < -0.3 is 9.64 Å². The van der Waals surface area contributed by atoms with Crippen LogP contribution in [-0.4, -0.2) is 43.7 Å². The van der Waals surface area contributed by atoms with Crippen molar-refractivity contribution in [3.63, 3.8) is 0 Å². The molecule has 6 nitrogen and oxygen atoms in total. The van der Waals surface area contributed by atoms with Gasteiger partial charge in [-0.05, 0) is 86.9 Å². The fourth-order valence-electron chi connectivity index (χ4n) is 5.84. The second kappa shape index (κ2) is 14.2. The molecule has 0 atom stereocenters. The first kappa shape index (κ1) is 33.0. The zero-order chi connectivity index (χ0) is 32.0. The minimum atomic E-state index is -3.93. The van der Waals surface area contributed by atoms with Crippen molar-refractivity contribution < 1.29 is 17.9 Å². The van der Waals surface area contributed by atoms with Crippen LogP contribution in [0.15, 0.2) is 83.8 Å². The van der Waals surface area contributed by atoms with Crippen molar-refractivity contribution >= 4 is 15.9 Å². The number of benzene rings is 4. The first-order valence-electron chi connectivity index (χ1n) is 15.0. The number of ether oxygens (including phenoxy) is 1. The highest BCUT2D eigenvalue weighted by Gasteiger charge is 2.30. The molecule has 0 saturated carbocycles. The molecule has 0 aliphatic carbocycles. The number of rotatable bonds is 12. The lowest BCUT2D eigenvalue weighted by Gasteiger charge is -2.27. The number of amides is 1. The molecular weight excluding hydrogens is 568 g/mol. The number of hydrogen-bond acceptors (Lipinski definition) is 4. The summed E-state index contributed by atoms with van der Waals surface area (Å²) in [5.74, 6) is 0.574. The van der Waals surface area contributed by atoms with E-state index in [0.29, 0.717) is 30.7 Å². The van der Waals surface area contributed by atoms with E-state index in [1.54, 1.807) is 11.9 Å². The highest BCUT2D eigenvalue weighted by molar-refractivity contribution is 7.89. The van der Waals surface area contributed by atoms with Gasteiger partial charge >= 0.3 is 0 Å². The van der Waals surface area contributed by atoms with Crippen molar-refractivity contribution in [2.75, 3.05) is 20.1 Å². The highest BCUT2D eigenvalue weighted by atomic mass is 32.2. The SMILES string of the molecule is Cc1cccc(COc2c(C)cc(CN(C)C(=O)CN(CCc3ccccc3)S(=O)(=O)c3c(C)cc(C)cc3C)cc2C)c1. The van der Waals surface area contributed by atoms with E-state index in [2.05, 4.69) is 25.1 Å². The molecule has 0 saturated heterocycles. The summed E-state index contributed by atoms with van der Waals surface area (Å²) in [6.07, 6.45) is 0.503. The van der Waals surface area contributed by atoms with Crippen LogP contribution < -0.4 is 4.74 Å². The third-order valence-corrected chi connectivity index (χ3v) is 9.99. The summed E-state index contributed by atoms with van der Waals surface area (Å²) in [4.78, 5) is 15.5. The van der Waals surface area contributed by atoms with Crippen molar-refractivity contribution in [2.24, 2.45) is 0 Å². The molecule has 0 spiro atoms. The minimum Gasteiger partial charge on any atom is -0.488 e. The first-order valence-corrected chi connectivity index (χ1v) is 16.4. The smallest absolute Gasteiger partial charge is 0.244 e. The molecule has 0 unspecified atom stereocenters. The van der Waals surface area contributed by atoms with Gasteiger partial charge in [-0.1, -0.05) is 90.0 Å². The summed E-state index contributed by atoms with van der Waals surface area (Å²) >= 11 is 0. The van der Waals surface area contributed by atoms with Crippen LogP contribution in [0.5, 0.6) is 5.75 Å². The van der Waals surface area contributed by atoms with Crippen LogP contribution in [0.25, 0.3) is 0 Å². The highest BCUT2D eigenvalue weighted by Crippen LogP contribution is 2.28. The van der Waals surface area contributed by atoms with Gasteiger partial charge in [0.05, 0.1) is 11.4 Å². The van der Waals surface area contributed by atoms with Crippen LogP contribution in [0.4, 0.5) is 0 Å². The Morgan fingerprint density at radius 2 is 1.32 bits per heavy atom. The Labute approximate surface area is 263 Å². The molecule has 4 aromatic rings. The van der Waals surface area contributed by atoms with Crippen LogP contribution in [0, 0.1) is 41.5 Å². The Kier molecular flexibility index (Phi) is 10.7. The van der Waals surface area contributed by atoms with E-state index >= 15 is 0 Å². The lowest BCUT2D eigenvalue weighted by molar-refractivity contribution is -0.130. The van der Waals surface area contributed by atoms with E-state index in [1.165, 1.54) is 9.87 Å². The summed E-state index contributed by atoms with van der Waals surface area (Å²) < 4.78 is 35.7. The summed E-state index contributed by atoms with van der Waals surface area (Å²) in [5.41, 5.74) is 8.63. The molecule has 4 aromatic carbocycles. The van der Waals surface area contributed by atoms with Gasteiger partial charge in [0, 0.05) is 20.1 Å².